The first kappa shape index (κ1) is 15.3. The van der Waals surface area contributed by atoms with Gasteiger partial charge in [-0.05, 0) is 20.4 Å². The molecular weight excluding hydrogens is 256 g/mol. The van der Waals surface area contributed by atoms with Crippen molar-refractivity contribution >= 4 is 11.8 Å². The smallest absolute Gasteiger partial charge is 0.239 e. The van der Waals surface area contributed by atoms with Crippen molar-refractivity contribution in [1.29, 1.82) is 0 Å². The summed E-state index contributed by atoms with van der Waals surface area (Å²) in [7, 11) is 2.14. The fraction of sp³-hybridized carbons (Fsp3) is 0.857. The number of rotatable bonds is 5. The molecule has 6 nitrogen and oxygen atoms in total. The molecule has 114 valence electrons. The number of nitrogens with one attached hydrogen (secondary N) is 1. The van der Waals surface area contributed by atoms with Crippen LogP contribution in [-0.4, -0.2) is 85.4 Å². The van der Waals surface area contributed by atoms with Crippen LogP contribution in [0.25, 0.3) is 0 Å². The Morgan fingerprint density at radius 3 is 2.55 bits per heavy atom. The highest BCUT2D eigenvalue weighted by Crippen LogP contribution is 2.08. The molecule has 2 aliphatic rings. The summed E-state index contributed by atoms with van der Waals surface area (Å²) in [4.78, 5) is 29.7. The van der Waals surface area contributed by atoms with Crippen LogP contribution in [0, 0.1) is 0 Å². The van der Waals surface area contributed by atoms with Gasteiger partial charge in [-0.1, -0.05) is 0 Å². The molecule has 2 amide bonds. The van der Waals surface area contributed by atoms with Crippen molar-refractivity contribution in [2.24, 2.45) is 0 Å². The van der Waals surface area contributed by atoms with E-state index in [2.05, 4.69) is 29.1 Å². The van der Waals surface area contributed by atoms with E-state index >= 15 is 0 Å². The van der Waals surface area contributed by atoms with Crippen molar-refractivity contribution in [3.8, 4) is 0 Å². The van der Waals surface area contributed by atoms with Crippen molar-refractivity contribution in [3.05, 3.63) is 0 Å². The summed E-state index contributed by atoms with van der Waals surface area (Å²) in [5.74, 6) is 0.0634. The summed E-state index contributed by atoms with van der Waals surface area (Å²) in [5, 5.41) is 2.95. The molecule has 0 spiro atoms. The molecule has 0 aliphatic carbocycles. The summed E-state index contributed by atoms with van der Waals surface area (Å²) in [5.41, 5.74) is 0. The van der Waals surface area contributed by atoms with E-state index in [1.165, 1.54) is 0 Å². The predicted molar refractivity (Wildman–Crippen MR) is 77.4 cm³/mol. The first-order valence-corrected chi connectivity index (χ1v) is 7.53. The van der Waals surface area contributed by atoms with Crippen molar-refractivity contribution in [3.63, 3.8) is 0 Å². The second-order valence-corrected chi connectivity index (χ2v) is 5.91. The lowest BCUT2D eigenvalue weighted by Gasteiger charge is -2.36. The molecule has 0 aromatic heterocycles. The Hall–Kier alpha value is -1.14. The number of piperazine rings is 1. The molecule has 0 aromatic rings. The minimum Gasteiger partial charge on any atom is -0.353 e. The van der Waals surface area contributed by atoms with Gasteiger partial charge >= 0.3 is 0 Å². The number of nitrogens with zero attached hydrogens (tertiary/aromatic N) is 3. The van der Waals surface area contributed by atoms with Crippen molar-refractivity contribution < 1.29 is 9.59 Å². The largest absolute Gasteiger partial charge is 0.353 e. The molecule has 6 heteroatoms. The Balaban J connectivity index is 1.66. The number of likely N-dealkylation sites (tertiary alicyclic amines) is 1. The van der Waals surface area contributed by atoms with Crippen LogP contribution in [-0.2, 0) is 9.59 Å². The van der Waals surface area contributed by atoms with E-state index in [0.717, 1.165) is 39.1 Å². The summed E-state index contributed by atoms with van der Waals surface area (Å²) < 4.78 is 0. The summed E-state index contributed by atoms with van der Waals surface area (Å²) >= 11 is 0. The molecule has 2 heterocycles. The summed E-state index contributed by atoms with van der Waals surface area (Å²) in [6, 6.07) is 0.349. The van der Waals surface area contributed by atoms with Crippen LogP contribution in [0.3, 0.4) is 0 Å². The van der Waals surface area contributed by atoms with Crippen LogP contribution < -0.4 is 5.32 Å². The molecule has 0 radical (unpaired) electrons. The third kappa shape index (κ3) is 4.18. The molecule has 2 aliphatic heterocycles. The minimum atomic E-state index is -0.0405. The molecule has 1 unspecified atom stereocenters. The van der Waals surface area contributed by atoms with E-state index in [1.807, 2.05) is 0 Å². The Morgan fingerprint density at radius 1 is 1.25 bits per heavy atom. The average Bonchev–Trinajstić information content (AvgIpc) is 2.82. The van der Waals surface area contributed by atoms with Gasteiger partial charge in [-0.2, -0.15) is 0 Å². The molecule has 20 heavy (non-hydrogen) atoms. The van der Waals surface area contributed by atoms with Gasteiger partial charge in [0, 0.05) is 51.7 Å². The summed E-state index contributed by atoms with van der Waals surface area (Å²) in [6.45, 7) is 8.02. The van der Waals surface area contributed by atoms with Gasteiger partial charge in [-0.3, -0.25) is 14.5 Å². The zero-order chi connectivity index (χ0) is 14.5. The number of amides is 2. The number of carbonyl (C=O) groups is 2. The van der Waals surface area contributed by atoms with Crippen LogP contribution in [0.2, 0.25) is 0 Å². The first-order chi connectivity index (χ1) is 9.56. The van der Waals surface area contributed by atoms with E-state index in [1.54, 1.807) is 4.90 Å². The molecule has 2 fully saturated rings. The zero-order valence-electron chi connectivity index (χ0n) is 12.6. The zero-order valence-corrected chi connectivity index (χ0v) is 12.6. The molecule has 0 aromatic carbocycles. The SMILES string of the molecule is CC(CNC(=O)CN1CCCC1=O)N1CCN(C)CC1. The predicted octanol–water partition coefficient (Wildman–Crippen LogP) is -0.639. The first-order valence-electron chi connectivity index (χ1n) is 7.53. The van der Waals surface area contributed by atoms with E-state index in [0.29, 0.717) is 19.0 Å². The maximum Gasteiger partial charge on any atom is 0.239 e. The highest BCUT2D eigenvalue weighted by atomic mass is 16.2. The third-order valence-corrected chi connectivity index (χ3v) is 4.26. The van der Waals surface area contributed by atoms with Crippen LogP contribution in [0.5, 0.6) is 0 Å². The van der Waals surface area contributed by atoms with Crippen molar-refractivity contribution in [1.82, 2.24) is 20.0 Å². The van der Waals surface area contributed by atoms with Crippen molar-refractivity contribution in [2.45, 2.75) is 25.8 Å². The third-order valence-electron chi connectivity index (χ3n) is 4.26. The van der Waals surface area contributed by atoms with E-state index in [4.69, 9.17) is 0 Å². The lowest BCUT2D eigenvalue weighted by atomic mass is 10.2. The van der Waals surface area contributed by atoms with Gasteiger partial charge in [0.1, 0.15) is 0 Å². The quantitative estimate of drug-likeness (QED) is 0.729. The van der Waals surface area contributed by atoms with Crippen LogP contribution in [0.1, 0.15) is 19.8 Å². The van der Waals surface area contributed by atoms with Gasteiger partial charge < -0.3 is 15.1 Å². The Labute approximate surface area is 121 Å². The molecule has 0 bridgehead atoms. The number of hydrogen-bond acceptors (Lipinski definition) is 4. The van der Waals surface area contributed by atoms with Gasteiger partial charge in [0.2, 0.25) is 11.8 Å². The number of likely N-dealkylation sites (N-methyl/N-ethyl adjacent to an activating group) is 1. The van der Waals surface area contributed by atoms with Crippen LogP contribution in [0.15, 0.2) is 0 Å². The maximum atomic E-state index is 11.9. The Bertz CT molecular complexity index is 353. The normalized spacial score (nSPS) is 23.1. The molecule has 1 atom stereocenters. The lowest BCUT2D eigenvalue weighted by Crippen LogP contribution is -2.51. The number of hydrogen-bond donors (Lipinski definition) is 1. The van der Waals surface area contributed by atoms with Gasteiger partial charge in [0.05, 0.1) is 6.54 Å². The van der Waals surface area contributed by atoms with E-state index in [-0.39, 0.29) is 18.4 Å². The second-order valence-electron chi connectivity index (χ2n) is 5.91. The fourth-order valence-corrected chi connectivity index (χ4v) is 2.75. The molecule has 0 saturated carbocycles. The molecule has 1 N–H and O–H groups in total. The highest BCUT2D eigenvalue weighted by molar-refractivity contribution is 5.85. The van der Waals surface area contributed by atoms with Gasteiger partial charge in [0.25, 0.3) is 0 Å². The lowest BCUT2D eigenvalue weighted by molar-refractivity contribution is -0.133. The Kier molecular flexibility index (Phi) is 5.37. The van der Waals surface area contributed by atoms with Crippen molar-refractivity contribution in [2.75, 3.05) is 52.9 Å². The fourth-order valence-electron chi connectivity index (χ4n) is 2.75. The second kappa shape index (κ2) is 7.04. The monoisotopic (exact) mass is 282 g/mol. The topological polar surface area (TPSA) is 55.9 Å². The standard InChI is InChI=1S/C14H26N4O2/c1-12(17-8-6-16(2)7-9-17)10-15-13(19)11-18-5-3-4-14(18)20/h12H,3-11H2,1-2H3,(H,15,19). The van der Waals surface area contributed by atoms with Gasteiger partial charge in [-0.15, -0.1) is 0 Å². The van der Waals surface area contributed by atoms with Gasteiger partial charge in [0.15, 0.2) is 0 Å². The van der Waals surface area contributed by atoms with E-state index in [9.17, 15) is 9.59 Å². The highest BCUT2D eigenvalue weighted by Gasteiger charge is 2.23. The summed E-state index contributed by atoms with van der Waals surface area (Å²) in [6.07, 6.45) is 1.47. The average molecular weight is 282 g/mol. The van der Waals surface area contributed by atoms with Gasteiger partial charge in [-0.25, -0.2) is 0 Å². The van der Waals surface area contributed by atoms with Crippen LogP contribution in [0.4, 0.5) is 0 Å². The van der Waals surface area contributed by atoms with E-state index < -0.39 is 0 Å². The molecular formula is C14H26N4O2. The minimum absolute atomic E-state index is 0.0405. The Morgan fingerprint density at radius 2 is 1.95 bits per heavy atom. The molecule has 2 saturated heterocycles. The maximum absolute atomic E-state index is 11.9. The van der Waals surface area contributed by atoms with Crippen LogP contribution >= 0.6 is 0 Å². The number of carbonyl (C=O) groups excluding carboxylic acids is 2. The molecule has 2 rings (SSSR count).